The molecule has 17 heavy (non-hydrogen) atoms. The molecule has 3 nitrogen and oxygen atoms in total. The van der Waals surface area contributed by atoms with E-state index in [2.05, 4.69) is 15.3 Å². The molecular formula is C12H11F2N3. The number of rotatable bonds is 4. The third kappa shape index (κ3) is 3.48. The molecule has 0 saturated heterocycles. The highest BCUT2D eigenvalue weighted by Gasteiger charge is 2.00. The number of nitrogens with zero attached hydrogens (tertiary/aromatic N) is 2. The zero-order valence-corrected chi connectivity index (χ0v) is 9.03. The van der Waals surface area contributed by atoms with Crippen LogP contribution in [0.15, 0.2) is 36.7 Å². The number of nitrogens with one attached hydrogen (secondary N) is 1. The fraction of sp³-hybridized carbons (Fsp3) is 0.167. The quantitative estimate of drug-likeness (QED) is 0.884. The molecule has 2 aromatic rings. The van der Waals surface area contributed by atoms with E-state index in [1.807, 2.05) is 0 Å². The average molecular weight is 235 g/mol. The van der Waals surface area contributed by atoms with Crippen LogP contribution >= 0.6 is 0 Å². The van der Waals surface area contributed by atoms with E-state index >= 15 is 0 Å². The number of halogens is 2. The van der Waals surface area contributed by atoms with E-state index in [1.54, 1.807) is 18.5 Å². The van der Waals surface area contributed by atoms with Crippen LogP contribution in [0.2, 0.25) is 0 Å². The number of hydrogen-bond acceptors (Lipinski definition) is 3. The maximum atomic E-state index is 12.9. The molecule has 1 heterocycles. The second-order valence-corrected chi connectivity index (χ2v) is 3.53. The van der Waals surface area contributed by atoms with Crippen molar-refractivity contribution in [1.29, 1.82) is 0 Å². The van der Waals surface area contributed by atoms with Crippen molar-refractivity contribution in [3.05, 3.63) is 53.9 Å². The zero-order valence-electron chi connectivity index (χ0n) is 9.03. The van der Waals surface area contributed by atoms with Gasteiger partial charge in [-0.2, -0.15) is 0 Å². The Morgan fingerprint density at radius 2 is 1.65 bits per heavy atom. The minimum atomic E-state index is -0.559. The Hall–Kier alpha value is -2.04. The maximum Gasteiger partial charge on any atom is 0.222 e. The van der Waals surface area contributed by atoms with Crippen LogP contribution in [0.5, 0.6) is 0 Å². The summed E-state index contributed by atoms with van der Waals surface area (Å²) in [5.41, 5.74) is 0.603. The molecular weight excluding hydrogens is 224 g/mol. The van der Waals surface area contributed by atoms with E-state index in [9.17, 15) is 8.78 Å². The van der Waals surface area contributed by atoms with Crippen LogP contribution < -0.4 is 5.32 Å². The lowest BCUT2D eigenvalue weighted by Gasteiger charge is -2.04. The predicted octanol–water partition coefficient (Wildman–Crippen LogP) is 2.41. The Bertz CT molecular complexity index is 468. The van der Waals surface area contributed by atoms with Gasteiger partial charge in [0, 0.05) is 25.0 Å². The molecule has 2 rings (SSSR count). The first kappa shape index (κ1) is 11.4. The standard InChI is InChI=1S/C12H11F2N3/c13-10-6-9(7-11(14)8-10)2-5-17-12-15-3-1-4-16-12/h1,3-4,6-8H,2,5H2,(H,15,16,17). The first-order chi connectivity index (χ1) is 8.24. The summed E-state index contributed by atoms with van der Waals surface area (Å²) in [4.78, 5) is 7.95. The highest BCUT2D eigenvalue weighted by Crippen LogP contribution is 2.08. The lowest BCUT2D eigenvalue weighted by atomic mass is 10.1. The van der Waals surface area contributed by atoms with Gasteiger partial charge in [0.2, 0.25) is 5.95 Å². The summed E-state index contributed by atoms with van der Waals surface area (Å²) in [5, 5.41) is 2.96. The van der Waals surface area contributed by atoms with Gasteiger partial charge in [-0.25, -0.2) is 18.7 Å². The van der Waals surface area contributed by atoms with Crippen molar-refractivity contribution in [3.63, 3.8) is 0 Å². The minimum Gasteiger partial charge on any atom is -0.354 e. The van der Waals surface area contributed by atoms with Gasteiger partial charge in [0.05, 0.1) is 0 Å². The molecule has 0 amide bonds. The van der Waals surface area contributed by atoms with Gasteiger partial charge in [-0.05, 0) is 30.2 Å². The van der Waals surface area contributed by atoms with Gasteiger partial charge in [-0.1, -0.05) is 0 Å². The molecule has 1 N–H and O–H groups in total. The molecule has 0 bridgehead atoms. The third-order valence-electron chi connectivity index (χ3n) is 2.18. The molecule has 1 aromatic heterocycles. The number of hydrogen-bond donors (Lipinski definition) is 1. The van der Waals surface area contributed by atoms with E-state index in [0.29, 0.717) is 24.5 Å². The predicted molar refractivity (Wildman–Crippen MR) is 60.6 cm³/mol. The van der Waals surface area contributed by atoms with Gasteiger partial charge >= 0.3 is 0 Å². The Balaban J connectivity index is 1.90. The van der Waals surface area contributed by atoms with Crippen LogP contribution in [-0.4, -0.2) is 16.5 Å². The fourth-order valence-corrected chi connectivity index (χ4v) is 1.46. The van der Waals surface area contributed by atoms with Crippen molar-refractivity contribution in [2.24, 2.45) is 0 Å². The van der Waals surface area contributed by atoms with Crippen LogP contribution in [0.4, 0.5) is 14.7 Å². The van der Waals surface area contributed by atoms with Crippen LogP contribution in [0.1, 0.15) is 5.56 Å². The second-order valence-electron chi connectivity index (χ2n) is 3.53. The van der Waals surface area contributed by atoms with E-state index < -0.39 is 11.6 Å². The van der Waals surface area contributed by atoms with Crippen LogP contribution in [0.25, 0.3) is 0 Å². The molecule has 0 radical (unpaired) electrons. The molecule has 0 saturated carbocycles. The van der Waals surface area contributed by atoms with Crippen molar-refractivity contribution in [1.82, 2.24) is 9.97 Å². The summed E-state index contributed by atoms with van der Waals surface area (Å²) < 4.78 is 25.8. The Morgan fingerprint density at radius 1 is 1.00 bits per heavy atom. The van der Waals surface area contributed by atoms with Gasteiger partial charge in [-0.15, -0.1) is 0 Å². The largest absolute Gasteiger partial charge is 0.354 e. The van der Waals surface area contributed by atoms with Gasteiger partial charge in [0.25, 0.3) is 0 Å². The molecule has 0 unspecified atom stereocenters. The zero-order chi connectivity index (χ0) is 12.1. The summed E-state index contributed by atoms with van der Waals surface area (Å²) in [5.74, 6) is -0.615. The van der Waals surface area contributed by atoms with E-state index in [-0.39, 0.29) is 0 Å². The summed E-state index contributed by atoms with van der Waals surface area (Å²) in [6.07, 6.45) is 3.75. The van der Waals surface area contributed by atoms with E-state index in [0.717, 1.165) is 6.07 Å². The Kier molecular flexibility index (Phi) is 3.59. The first-order valence-corrected chi connectivity index (χ1v) is 5.20. The van der Waals surface area contributed by atoms with Gasteiger partial charge in [0.1, 0.15) is 11.6 Å². The summed E-state index contributed by atoms with van der Waals surface area (Å²) in [6, 6.07) is 5.21. The normalized spacial score (nSPS) is 10.2. The lowest BCUT2D eigenvalue weighted by Crippen LogP contribution is -2.07. The van der Waals surface area contributed by atoms with Gasteiger partial charge in [-0.3, -0.25) is 0 Å². The molecule has 0 spiro atoms. The van der Waals surface area contributed by atoms with Gasteiger partial charge < -0.3 is 5.32 Å². The average Bonchev–Trinajstić information content (AvgIpc) is 2.29. The number of anilines is 1. The van der Waals surface area contributed by atoms with E-state index in [4.69, 9.17) is 0 Å². The SMILES string of the molecule is Fc1cc(F)cc(CCNc2ncccn2)c1. The smallest absolute Gasteiger partial charge is 0.222 e. The molecule has 0 fully saturated rings. The topological polar surface area (TPSA) is 37.8 Å². The van der Waals surface area contributed by atoms with Crippen molar-refractivity contribution in [2.75, 3.05) is 11.9 Å². The summed E-state index contributed by atoms with van der Waals surface area (Å²) in [7, 11) is 0. The van der Waals surface area contributed by atoms with Crippen molar-refractivity contribution in [2.45, 2.75) is 6.42 Å². The third-order valence-corrected chi connectivity index (χ3v) is 2.18. The molecule has 0 aliphatic heterocycles. The Morgan fingerprint density at radius 3 is 2.29 bits per heavy atom. The number of aromatic nitrogens is 2. The van der Waals surface area contributed by atoms with Crippen LogP contribution in [-0.2, 0) is 6.42 Å². The Labute approximate surface area is 97.5 Å². The summed E-state index contributed by atoms with van der Waals surface area (Å²) >= 11 is 0. The molecule has 0 aliphatic carbocycles. The maximum absolute atomic E-state index is 12.9. The second kappa shape index (κ2) is 5.34. The molecule has 1 aromatic carbocycles. The van der Waals surface area contributed by atoms with E-state index in [1.165, 1.54) is 12.1 Å². The van der Waals surface area contributed by atoms with Crippen LogP contribution in [0.3, 0.4) is 0 Å². The molecule has 88 valence electrons. The van der Waals surface area contributed by atoms with Crippen molar-refractivity contribution in [3.8, 4) is 0 Å². The van der Waals surface area contributed by atoms with Crippen molar-refractivity contribution >= 4 is 5.95 Å². The highest BCUT2D eigenvalue weighted by molar-refractivity contribution is 5.24. The molecule has 0 atom stereocenters. The summed E-state index contributed by atoms with van der Waals surface area (Å²) in [6.45, 7) is 0.521. The number of benzene rings is 1. The van der Waals surface area contributed by atoms with Gasteiger partial charge in [0.15, 0.2) is 0 Å². The monoisotopic (exact) mass is 235 g/mol. The highest BCUT2D eigenvalue weighted by atomic mass is 19.1. The molecule has 0 aliphatic rings. The molecule has 5 heteroatoms. The first-order valence-electron chi connectivity index (χ1n) is 5.20. The minimum absolute atomic E-state index is 0.504. The fourth-order valence-electron chi connectivity index (χ4n) is 1.46. The van der Waals surface area contributed by atoms with Crippen LogP contribution in [0, 0.1) is 11.6 Å². The lowest BCUT2D eigenvalue weighted by molar-refractivity contribution is 0.580. The van der Waals surface area contributed by atoms with Crippen molar-refractivity contribution < 1.29 is 8.78 Å².